The number of rotatable bonds is 2. The van der Waals surface area contributed by atoms with Crippen LogP contribution in [0.15, 0.2) is 30.3 Å². The van der Waals surface area contributed by atoms with Crippen LogP contribution in [-0.2, 0) is 10.9 Å². The van der Waals surface area contributed by atoms with E-state index < -0.39 is 11.7 Å². The van der Waals surface area contributed by atoms with E-state index in [0.29, 0.717) is 37.6 Å². The second-order valence-electron chi connectivity index (χ2n) is 5.07. The van der Waals surface area contributed by atoms with Crippen LogP contribution in [-0.4, -0.2) is 36.5 Å². The highest BCUT2D eigenvalue weighted by atomic mass is 35.5. The average molecular weight is 344 g/mol. The Morgan fingerprint density at radius 1 is 1.04 bits per heavy atom. The number of hydrogen-bond acceptors (Lipinski definition) is 4. The molecule has 0 spiro atoms. The van der Waals surface area contributed by atoms with Crippen molar-refractivity contribution < 1.29 is 17.9 Å². The fourth-order valence-corrected chi connectivity index (χ4v) is 2.57. The van der Waals surface area contributed by atoms with E-state index in [9.17, 15) is 13.2 Å². The van der Waals surface area contributed by atoms with Crippen LogP contribution in [0.25, 0.3) is 11.3 Å². The lowest BCUT2D eigenvalue weighted by molar-refractivity contribution is -0.137. The molecule has 0 atom stereocenters. The Kier molecular flexibility index (Phi) is 4.41. The van der Waals surface area contributed by atoms with Gasteiger partial charge in [-0.2, -0.15) is 13.2 Å². The molecule has 0 aliphatic carbocycles. The van der Waals surface area contributed by atoms with E-state index in [4.69, 9.17) is 16.3 Å². The fraction of sp³-hybridized carbons (Fsp3) is 0.333. The third-order valence-corrected chi connectivity index (χ3v) is 3.78. The Morgan fingerprint density at radius 3 is 2.39 bits per heavy atom. The van der Waals surface area contributed by atoms with E-state index in [1.54, 1.807) is 17.0 Å². The van der Waals surface area contributed by atoms with Gasteiger partial charge in [-0.25, -0.2) is 0 Å². The smallest absolute Gasteiger partial charge is 0.378 e. The molecule has 0 N–H and O–H groups in total. The number of nitrogens with zero attached hydrogens (tertiary/aromatic N) is 3. The predicted octanol–water partition coefficient (Wildman–Crippen LogP) is 3.65. The lowest BCUT2D eigenvalue weighted by Crippen LogP contribution is -2.37. The van der Waals surface area contributed by atoms with Gasteiger partial charge >= 0.3 is 6.18 Å². The maximum atomic E-state index is 13.4. The largest absolute Gasteiger partial charge is 0.418 e. The molecule has 8 heteroatoms. The van der Waals surface area contributed by atoms with Gasteiger partial charge in [0.15, 0.2) is 5.15 Å². The first kappa shape index (κ1) is 16.0. The molecule has 1 aliphatic heterocycles. The molecule has 1 fully saturated rings. The van der Waals surface area contributed by atoms with Crippen LogP contribution in [0.4, 0.5) is 18.9 Å². The van der Waals surface area contributed by atoms with E-state index in [1.807, 2.05) is 0 Å². The Balaban J connectivity index is 2.03. The van der Waals surface area contributed by atoms with Crippen molar-refractivity contribution >= 4 is 17.3 Å². The minimum atomic E-state index is -4.45. The average Bonchev–Trinajstić information content (AvgIpc) is 2.55. The van der Waals surface area contributed by atoms with Gasteiger partial charge in [0.1, 0.15) is 0 Å². The highest BCUT2D eigenvalue weighted by Gasteiger charge is 2.35. The summed E-state index contributed by atoms with van der Waals surface area (Å²) in [6.07, 6.45) is -4.45. The van der Waals surface area contributed by atoms with E-state index >= 15 is 0 Å². The molecule has 0 bridgehead atoms. The van der Waals surface area contributed by atoms with Gasteiger partial charge in [0.05, 0.1) is 24.5 Å². The Labute approximate surface area is 135 Å². The topological polar surface area (TPSA) is 38.2 Å². The van der Waals surface area contributed by atoms with Crippen LogP contribution in [0.3, 0.4) is 0 Å². The van der Waals surface area contributed by atoms with Crippen molar-refractivity contribution in [2.75, 3.05) is 31.2 Å². The van der Waals surface area contributed by atoms with Crippen molar-refractivity contribution in [1.82, 2.24) is 10.2 Å². The monoisotopic (exact) mass is 343 g/mol. The Bertz CT molecular complexity index is 685. The Hall–Kier alpha value is -1.86. The van der Waals surface area contributed by atoms with Gasteiger partial charge in [-0.3, -0.25) is 0 Å². The van der Waals surface area contributed by atoms with Crippen LogP contribution in [0, 0.1) is 0 Å². The van der Waals surface area contributed by atoms with Gasteiger partial charge in [0.25, 0.3) is 0 Å². The number of halogens is 4. The number of aromatic nitrogens is 2. The first-order chi connectivity index (χ1) is 10.9. The molecule has 3 rings (SSSR count). The van der Waals surface area contributed by atoms with Crippen molar-refractivity contribution in [3.05, 3.63) is 41.0 Å². The number of hydrogen-bond donors (Lipinski definition) is 0. The highest BCUT2D eigenvalue weighted by Crippen LogP contribution is 2.39. The van der Waals surface area contributed by atoms with Crippen molar-refractivity contribution in [2.24, 2.45) is 0 Å². The molecule has 4 nitrogen and oxygen atoms in total. The minimum Gasteiger partial charge on any atom is -0.378 e. The van der Waals surface area contributed by atoms with Gasteiger partial charge in [-0.05, 0) is 24.3 Å². The number of ether oxygens (including phenoxy) is 1. The van der Waals surface area contributed by atoms with Gasteiger partial charge in [0, 0.05) is 24.3 Å². The summed E-state index contributed by atoms with van der Waals surface area (Å²) in [7, 11) is 0. The van der Waals surface area contributed by atoms with Gasteiger partial charge in [0.2, 0.25) is 0 Å². The molecular formula is C15H13ClF3N3O. The van der Waals surface area contributed by atoms with Crippen LogP contribution >= 0.6 is 11.6 Å². The van der Waals surface area contributed by atoms with Crippen molar-refractivity contribution in [3.8, 4) is 11.3 Å². The second kappa shape index (κ2) is 6.33. The van der Waals surface area contributed by atoms with Crippen molar-refractivity contribution in [2.45, 2.75) is 6.18 Å². The number of anilines is 1. The number of morpholine rings is 1. The molecule has 1 aromatic heterocycles. The molecule has 1 aliphatic rings. The van der Waals surface area contributed by atoms with Crippen molar-refractivity contribution in [1.29, 1.82) is 0 Å². The lowest BCUT2D eigenvalue weighted by atomic mass is 10.0. The SMILES string of the molecule is FC(F)(F)c1cc(-c2ccc(Cl)nn2)ccc1N1CCOCC1. The number of alkyl halides is 3. The number of benzene rings is 1. The summed E-state index contributed by atoms with van der Waals surface area (Å²) in [5, 5.41) is 7.69. The summed E-state index contributed by atoms with van der Waals surface area (Å²) in [5.41, 5.74) is 0.159. The van der Waals surface area contributed by atoms with Gasteiger partial charge < -0.3 is 9.64 Å². The van der Waals surface area contributed by atoms with E-state index in [1.165, 1.54) is 12.1 Å². The predicted molar refractivity (Wildman–Crippen MR) is 80.5 cm³/mol. The summed E-state index contributed by atoms with van der Waals surface area (Å²) >= 11 is 5.66. The highest BCUT2D eigenvalue weighted by molar-refractivity contribution is 6.29. The molecule has 23 heavy (non-hydrogen) atoms. The molecule has 2 heterocycles. The normalized spacial score (nSPS) is 15.7. The lowest BCUT2D eigenvalue weighted by Gasteiger charge is -2.31. The first-order valence-corrected chi connectivity index (χ1v) is 7.36. The molecule has 1 aromatic carbocycles. The summed E-state index contributed by atoms with van der Waals surface area (Å²) in [5.74, 6) is 0. The third-order valence-electron chi connectivity index (χ3n) is 3.58. The first-order valence-electron chi connectivity index (χ1n) is 6.99. The molecule has 1 saturated heterocycles. The molecule has 0 radical (unpaired) electrons. The van der Waals surface area contributed by atoms with Crippen LogP contribution in [0.5, 0.6) is 0 Å². The van der Waals surface area contributed by atoms with E-state index in [0.717, 1.165) is 6.07 Å². The van der Waals surface area contributed by atoms with E-state index in [-0.39, 0.29) is 10.8 Å². The van der Waals surface area contributed by atoms with Crippen LogP contribution in [0.2, 0.25) is 5.15 Å². The van der Waals surface area contributed by atoms with Crippen LogP contribution in [0.1, 0.15) is 5.56 Å². The molecule has 0 amide bonds. The maximum Gasteiger partial charge on any atom is 0.418 e. The third kappa shape index (κ3) is 3.56. The Morgan fingerprint density at radius 2 is 1.78 bits per heavy atom. The quantitative estimate of drug-likeness (QED) is 0.834. The van der Waals surface area contributed by atoms with Crippen molar-refractivity contribution in [3.63, 3.8) is 0 Å². The van der Waals surface area contributed by atoms with E-state index in [2.05, 4.69) is 10.2 Å². The second-order valence-corrected chi connectivity index (χ2v) is 5.46. The minimum absolute atomic E-state index is 0.159. The molecular weight excluding hydrogens is 331 g/mol. The maximum absolute atomic E-state index is 13.4. The zero-order valence-electron chi connectivity index (χ0n) is 12.0. The fourth-order valence-electron chi connectivity index (χ4n) is 2.47. The molecule has 0 saturated carbocycles. The molecule has 0 unspecified atom stereocenters. The summed E-state index contributed by atoms with van der Waals surface area (Å²) in [6.45, 7) is 1.70. The zero-order chi connectivity index (χ0) is 16.4. The summed E-state index contributed by atoms with van der Waals surface area (Å²) in [4.78, 5) is 1.68. The van der Waals surface area contributed by atoms with Crippen LogP contribution < -0.4 is 4.90 Å². The van der Waals surface area contributed by atoms with Gasteiger partial charge in [-0.15, -0.1) is 10.2 Å². The molecule has 122 valence electrons. The standard InChI is InChI=1S/C15H13ClF3N3O/c16-14-4-2-12(20-21-14)10-1-3-13(11(9-10)15(17,18)19)22-5-7-23-8-6-22/h1-4,9H,5-8H2. The summed E-state index contributed by atoms with van der Waals surface area (Å²) in [6, 6.07) is 7.21. The van der Waals surface area contributed by atoms with Gasteiger partial charge in [-0.1, -0.05) is 17.7 Å². The molecule has 2 aromatic rings. The zero-order valence-corrected chi connectivity index (χ0v) is 12.7. The summed E-state index contributed by atoms with van der Waals surface area (Å²) < 4.78 is 45.5.